The molecule has 6 nitrogen and oxygen atoms in total. The number of ether oxygens (including phenoxy) is 2. The van der Waals surface area contributed by atoms with E-state index in [0.717, 1.165) is 38.6 Å². The van der Waals surface area contributed by atoms with Crippen molar-refractivity contribution in [3.63, 3.8) is 0 Å². The van der Waals surface area contributed by atoms with E-state index in [1.807, 2.05) is 71.7 Å². The molecule has 2 radical (unpaired) electrons. The number of halogens is 1. The Kier molecular flexibility index (Phi) is 16.8. The number of hydrogen-bond acceptors (Lipinski definition) is 6. The van der Waals surface area contributed by atoms with Gasteiger partial charge < -0.3 is 18.6 Å². The molecule has 0 saturated heterocycles. The van der Waals surface area contributed by atoms with E-state index in [2.05, 4.69) is 9.98 Å². The van der Waals surface area contributed by atoms with Gasteiger partial charge in [0.1, 0.15) is 0 Å². The summed E-state index contributed by atoms with van der Waals surface area (Å²) in [5, 5.41) is 1.77. The van der Waals surface area contributed by atoms with Crippen LogP contribution in [0, 0.1) is 18.3 Å². The molecule has 36 heavy (non-hydrogen) atoms. The van der Waals surface area contributed by atoms with Crippen molar-refractivity contribution in [2.75, 3.05) is 14.2 Å². The van der Waals surface area contributed by atoms with Crippen LogP contribution in [0.15, 0.2) is 76.3 Å². The van der Waals surface area contributed by atoms with Crippen LogP contribution in [0.4, 0.5) is 15.8 Å². The third kappa shape index (κ3) is 10.7. The van der Waals surface area contributed by atoms with Crippen LogP contribution in [0.25, 0.3) is 0 Å². The van der Waals surface area contributed by atoms with Crippen molar-refractivity contribution in [1.82, 2.24) is 9.13 Å². The van der Waals surface area contributed by atoms with Crippen molar-refractivity contribution >= 4 is 34.0 Å². The Hall–Kier alpha value is -1.79. The molecule has 0 aliphatic heterocycles. The molecule has 0 N–H and O–H groups in total. The largest absolute Gasteiger partial charge is 0.417 e. The second kappa shape index (κ2) is 17.6. The minimum atomic E-state index is -0.245. The van der Waals surface area contributed by atoms with Gasteiger partial charge in [0.15, 0.2) is 14.7 Å². The van der Waals surface area contributed by atoms with Gasteiger partial charge in [0.2, 0.25) is 0 Å². The van der Waals surface area contributed by atoms with E-state index in [-0.39, 0.29) is 53.4 Å². The number of methoxy groups -OCH3 is 2. The standard InChI is InChI=1S/C12H12FN2OS.C12H13N2OS.CH4.2Re/c1-15-7-11(13)17-12(15)14-10-5-3-4-9(6-10)8-16-2;1-14-6-7-16-12(14)13-11-5-3-4-10(8-11)9-15-2;;;/h3-8H,1-2H3;3-9H,1-2H3;1H4;;/q2*-1;;;. The fourth-order valence-corrected chi connectivity index (χ4v) is 4.24. The van der Waals surface area contributed by atoms with Gasteiger partial charge in [-0.15, -0.1) is 35.6 Å². The molecule has 0 spiro atoms. The molecule has 11 heteroatoms. The molecular formula is C25H29FN4O2Re2S2-2. The van der Waals surface area contributed by atoms with Crippen LogP contribution in [0.1, 0.15) is 18.6 Å². The van der Waals surface area contributed by atoms with Crippen molar-refractivity contribution in [3.05, 3.63) is 105 Å². The van der Waals surface area contributed by atoms with Gasteiger partial charge in [-0.3, -0.25) is 0 Å². The van der Waals surface area contributed by atoms with E-state index in [0.29, 0.717) is 4.80 Å². The minimum absolute atomic E-state index is 0. The zero-order valence-corrected chi connectivity index (χ0v) is 26.6. The van der Waals surface area contributed by atoms with Gasteiger partial charge in [-0.1, -0.05) is 44.1 Å². The molecule has 0 bridgehead atoms. The van der Waals surface area contributed by atoms with Gasteiger partial charge in [0.05, 0.1) is 6.20 Å². The number of nitrogens with zero attached hydrogens (tertiary/aromatic N) is 4. The second-order valence-electron chi connectivity index (χ2n) is 6.85. The summed E-state index contributed by atoms with van der Waals surface area (Å²) >= 11 is 2.64. The Labute approximate surface area is 247 Å². The van der Waals surface area contributed by atoms with Gasteiger partial charge in [-0.05, 0) is 0 Å². The Bertz CT molecular complexity index is 1320. The number of aryl methyl sites for hydroxylation is 2. The fourth-order valence-electron chi connectivity index (χ4n) is 2.76. The number of aromatic nitrogens is 2. The van der Waals surface area contributed by atoms with Crippen LogP contribution in [-0.4, -0.2) is 23.4 Å². The summed E-state index contributed by atoms with van der Waals surface area (Å²) in [6.45, 7) is 3.33. The summed E-state index contributed by atoms with van der Waals surface area (Å²) in [5.41, 5.74) is 3.65. The molecule has 0 aliphatic rings. The fraction of sp³-hybridized carbons (Fsp3) is 0.200. The maximum absolute atomic E-state index is 13.0. The van der Waals surface area contributed by atoms with E-state index >= 15 is 0 Å². The van der Waals surface area contributed by atoms with E-state index in [1.54, 1.807) is 50.4 Å². The quantitative estimate of drug-likeness (QED) is 0.233. The van der Waals surface area contributed by atoms with Crippen LogP contribution in [0.2, 0.25) is 0 Å². The molecule has 0 atom stereocenters. The normalized spacial score (nSPS) is 10.8. The zero-order valence-electron chi connectivity index (χ0n) is 19.6. The average Bonchev–Trinajstić information content (AvgIpc) is 3.33. The van der Waals surface area contributed by atoms with Crippen LogP contribution < -0.4 is 9.60 Å². The van der Waals surface area contributed by atoms with E-state index in [9.17, 15) is 4.39 Å². The first-order valence-electron chi connectivity index (χ1n) is 9.92. The molecule has 0 amide bonds. The van der Waals surface area contributed by atoms with Gasteiger partial charge >= 0.3 is 0 Å². The van der Waals surface area contributed by atoms with Crippen molar-refractivity contribution in [1.29, 1.82) is 0 Å². The first-order chi connectivity index (χ1) is 16.0. The summed E-state index contributed by atoms with van der Waals surface area (Å²) in [5.74, 6) is 0. The van der Waals surface area contributed by atoms with Gasteiger partial charge in [0.25, 0.3) is 0 Å². The summed E-state index contributed by atoms with van der Waals surface area (Å²) in [7, 11) is 6.99. The molecular weight excluding hydrogens is 844 g/mol. The summed E-state index contributed by atoms with van der Waals surface area (Å²) < 4.78 is 26.6. The second-order valence-corrected chi connectivity index (χ2v) is 8.68. The molecule has 0 fully saturated rings. The average molecular weight is 873 g/mol. The molecule has 0 saturated carbocycles. The van der Waals surface area contributed by atoms with E-state index in [1.165, 1.54) is 6.20 Å². The molecule has 196 valence electrons. The predicted molar refractivity (Wildman–Crippen MR) is 137 cm³/mol. The van der Waals surface area contributed by atoms with Gasteiger partial charge in [-0.2, -0.15) is 27.7 Å². The Morgan fingerprint density at radius 2 is 1.36 bits per heavy atom. The minimum Gasteiger partial charge on any atom is -0.417 e. The number of thiazole rings is 2. The number of hydrogen-bond donors (Lipinski definition) is 0. The number of rotatable bonds is 6. The molecule has 0 unspecified atom stereocenters. The molecule has 0 aliphatic carbocycles. The van der Waals surface area contributed by atoms with E-state index < -0.39 is 0 Å². The Balaban J connectivity index is 0.000000629. The van der Waals surface area contributed by atoms with Crippen LogP contribution in [0.5, 0.6) is 0 Å². The van der Waals surface area contributed by atoms with Crippen LogP contribution >= 0.6 is 22.7 Å². The molecule has 2 aromatic carbocycles. The van der Waals surface area contributed by atoms with Crippen LogP contribution in [0.3, 0.4) is 0 Å². The molecule has 4 aromatic rings. The summed E-state index contributed by atoms with van der Waals surface area (Å²) in [6.07, 6.45) is 3.41. The monoisotopic (exact) mass is 874 g/mol. The van der Waals surface area contributed by atoms with Crippen molar-refractivity contribution in [2.45, 2.75) is 7.43 Å². The first-order valence-corrected chi connectivity index (χ1v) is 11.6. The van der Waals surface area contributed by atoms with Crippen molar-refractivity contribution in [2.24, 2.45) is 24.1 Å². The third-order valence-corrected chi connectivity index (χ3v) is 5.95. The first kappa shape index (κ1) is 34.2. The Morgan fingerprint density at radius 1 is 0.833 bits per heavy atom. The van der Waals surface area contributed by atoms with Gasteiger partial charge in [0, 0.05) is 92.1 Å². The van der Waals surface area contributed by atoms with Crippen LogP contribution in [-0.2, 0) is 64.4 Å². The molecule has 4 rings (SSSR count). The zero-order chi connectivity index (χ0) is 23.6. The summed E-state index contributed by atoms with van der Waals surface area (Å²) in [4.78, 5) is 10.5. The Morgan fingerprint density at radius 3 is 1.78 bits per heavy atom. The molecule has 2 aromatic heterocycles. The predicted octanol–water partition coefficient (Wildman–Crippen LogP) is 5.72. The van der Waals surface area contributed by atoms with E-state index in [4.69, 9.17) is 9.47 Å². The SMILES string of the molecule is C.CO[CH-]c1cccc(N=c2sc(F)cn2C)c1.CO[CH-]c1cccc(N=c2sccn2C)c1.[Re].[Re]. The topological polar surface area (TPSA) is 53.0 Å². The molecule has 2 heterocycles. The van der Waals surface area contributed by atoms with Crippen molar-refractivity contribution in [3.8, 4) is 0 Å². The third-order valence-electron chi connectivity index (χ3n) is 4.24. The number of benzene rings is 2. The van der Waals surface area contributed by atoms with Crippen molar-refractivity contribution < 1.29 is 54.7 Å². The maximum Gasteiger partial charge on any atom is 0.196 e. The smallest absolute Gasteiger partial charge is 0.196 e. The van der Waals surface area contributed by atoms with Gasteiger partial charge in [-0.25, -0.2) is 9.98 Å². The summed E-state index contributed by atoms with van der Waals surface area (Å²) in [6, 6.07) is 15.5. The maximum atomic E-state index is 13.0.